The Bertz CT molecular complexity index is 757. The Kier molecular flexibility index (Phi) is 8.55. The maximum atomic E-state index is 10.8. The fraction of sp³-hybridized carbons (Fsp3) is 0.520. The molecule has 0 saturated carbocycles. The van der Waals surface area contributed by atoms with Crippen LogP contribution >= 0.6 is 0 Å². The maximum Gasteiger partial charge on any atom is 0.125 e. The van der Waals surface area contributed by atoms with Gasteiger partial charge in [0.25, 0.3) is 0 Å². The van der Waals surface area contributed by atoms with Gasteiger partial charge in [-0.2, -0.15) is 0 Å². The van der Waals surface area contributed by atoms with Crippen LogP contribution < -0.4 is 9.64 Å². The van der Waals surface area contributed by atoms with E-state index in [0.717, 1.165) is 25.1 Å². The summed E-state index contributed by atoms with van der Waals surface area (Å²) in [7, 11) is 4.05. The molecule has 0 aromatic heterocycles. The Hall–Kier alpha value is -2.08. The Morgan fingerprint density at radius 3 is 2.37 bits per heavy atom. The molecule has 0 radical (unpaired) electrons. The minimum absolute atomic E-state index is 0.242. The minimum Gasteiger partial charge on any atom is -0.490 e. The first-order valence-electron chi connectivity index (χ1n) is 11.1. The number of aliphatic hydroxyl groups excluding tert-OH is 2. The van der Waals surface area contributed by atoms with Crippen molar-refractivity contribution in [2.24, 2.45) is 0 Å². The number of aliphatic hydroxyl groups is 2. The molecule has 0 bridgehead atoms. The molecule has 30 heavy (non-hydrogen) atoms. The molecular formula is C25H36N2O3. The highest BCUT2D eigenvalue weighted by molar-refractivity contribution is 5.46. The van der Waals surface area contributed by atoms with Gasteiger partial charge in [-0.05, 0) is 62.5 Å². The second kappa shape index (κ2) is 11.3. The van der Waals surface area contributed by atoms with E-state index < -0.39 is 12.2 Å². The van der Waals surface area contributed by atoms with Crippen LogP contribution in [0.15, 0.2) is 48.5 Å². The molecule has 3 rings (SSSR count). The average molecular weight is 413 g/mol. The molecule has 0 aliphatic carbocycles. The third-order valence-electron chi connectivity index (χ3n) is 5.79. The highest BCUT2D eigenvalue weighted by Crippen LogP contribution is 2.28. The number of hydrogen-bond acceptors (Lipinski definition) is 5. The zero-order chi connectivity index (χ0) is 21.3. The predicted molar refractivity (Wildman–Crippen MR) is 122 cm³/mol. The largest absolute Gasteiger partial charge is 0.490 e. The highest BCUT2D eigenvalue weighted by atomic mass is 16.5. The second-order valence-corrected chi connectivity index (χ2v) is 8.48. The number of hydrogen-bond donors (Lipinski definition) is 2. The summed E-state index contributed by atoms with van der Waals surface area (Å²) in [5.41, 5.74) is 3.16. The summed E-state index contributed by atoms with van der Waals surface area (Å²) in [6, 6.07) is 16.0. The van der Waals surface area contributed by atoms with Crippen molar-refractivity contribution in [3.8, 4) is 5.75 Å². The lowest BCUT2D eigenvalue weighted by Gasteiger charge is -2.28. The van der Waals surface area contributed by atoms with Crippen molar-refractivity contribution in [2.45, 2.75) is 44.3 Å². The van der Waals surface area contributed by atoms with Gasteiger partial charge >= 0.3 is 0 Å². The van der Waals surface area contributed by atoms with Gasteiger partial charge in [-0.1, -0.05) is 36.8 Å². The van der Waals surface area contributed by atoms with Crippen LogP contribution in [0.3, 0.4) is 0 Å². The number of para-hydroxylation sites is 1. The third kappa shape index (κ3) is 6.73. The summed E-state index contributed by atoms with van der Waals surface area (Å²) in [5.74, 6) is 0.658. The molecule has 1 aliphatic heterocycles. The molecule has 0 amide bonds. The van der Waals surface area contributed by atoms with Crippen molar-refractivity contribution in [1.82, 2.24) is 4.90 Å². The summed E-state index contributed by atoms with van der Waals surface area (Å²) in [6.45, 7) is 3.00. The second-order valence-electron chi connectivity index (χ2n) is 8.48. The number of benzene rings is 2. The average Bonchev–Trinajstić information content (AvgIpc) is 2.77. The van der Waals surface area contributed by atoms with Gasteiger partial charge in [0, 0.05) is 31.9 Å². The molecule has 0 spiro atoms. The molecule has 1 fully saturated rings. The molecule has 2 unspecified atom stereocenters. The summed E-state index contributed by atoms with van der Waals surface area (Å²) >= 11 is 0. The molecule has 2 N–H and O–H groups in total. The van der Waals surface area contributed by atoms with E-state index in [0.29, 0.717) is 18.7 Å². The van der Waals surface area contributed by atoms with Gasteiger partial charge in [0.2, 0.25) is 0 Å². The van der Waals surface area contributed by atoms with E-state index in [4.69, 9.17) is 4.74 Å². The Labute approximate surface area is 180 Å². The number of likely N-dealkylation sites (tertiary alicyclic amines) is 1. The highest BCUT2D eigenvalue weighted by Gasteiger charge is 2.17. The van der Waals surface area contributed by atoms with E-state index in [-0.39, 0.29) is 6.61 Å². The van der Waals surface area contributed by atoms with Crippen molar-refractivity contribution in [3.63, 3.8) is 0 Å². The number of nitrogens with zero attached hydrogens (tertiary/aromatic N) is 2. The van der Waals surface area contributed by atoms with Crippen molar-refractivity contribution in [3.05, 3.63) is 59.7 Å². The first-order valence-corrected chi connectivity index (χ1v) is 11.1. The van der Waals surface area contributed by atoms with E-state index in [1.54, 1.807) is 0 Å². The van der Waals surface area contributed by atoms with Crippen LogP contribution in [-0.4, -0.2) is 61.6 Å². The summed E-state index contributed by atoms with van der Waals surface area (Å²) in [5, 5.41) is 21.1. The van der Waals surface area contributed by atoms with Gasteiger partial charge in [0.15, 0.2) is 0 Å². The number of aryl methyl sites for hydroxylation is 1. The zero-order valence-corrected chi connectivity index (χ0v) is 18.3. The van der Waals surface area contributed by atoms with Crippen LogP contribution in [0, 0.1) is 0 Å². The van der Waals surface area contributed by atoms with Crippen LogP contribution in [0.4, 0.5) is 5.69 Å². The van der Waals surface area contributed by atoms with Gasteiger partial charge in [-0.15, -0.1) is 0 Å². The maximum absolute atomic E-state index is 10.8. The molecule has 1 aliphatic rings. The first kappa shape index (κ1) is 22.6. The zero-order valence-electron chi connectivity index (χ0n) is 18.3. The van der Waals surface area contributed by atoms with Crippen LogP contribution in [0.2, 0.25) is 0 Å². The Morgan fingerprint density at radius 1 is 0.967 bits per heavy atom. The van der Waals surface area contributed by atoms with E-state index >= 15 is 0 Å². The molecule has 1 saturated heterocycles. The fourth-order valence-electron chi connectivity index (χ4n) is 3.99. The summed E-state index contributed by atoms with van der Waals surface area (Å²) < 4.78 is 5.91. The normalized spacial score (nSPS) is 16.8. The Balaban J connectivity index is 1.51. The van der Waals surface area contributed by atoms with Crippen molar-refractivity contribution < 1.29 is 14.9 Å². The molecule has 164 valence electrons. The standard InChI is InChI=1S/C25H36N2O3/c1-26(2)21-13-10-20(11-14-21)12-15-24(29)23-8-4-5-9-25(23)30-19-22(28)18-27-16-6-3-7-17-27/h4-5,8-11,13-14,22,24,28-29H,3,6-7,12,15-19H2,1-2H3. The number of ether oxygens (including phenoxy) is 1. The quantitative estimate of drug-likeness (QED) is 0.624. The monoisotopic (exact) mass is 412 g/mol. The van der Waals surface area contributed by atoms with E-state index in [9.17, 15) is 10.2 Å². The smallest absolute Gasteiger partial charge is 0.125 e. The lowest BCUT2D eigenvalue weighted by Crippen LogP contribution is -2.38. The van der Waals surface area contributed by atoms with Gasteiger partial charge in [0.05, 0.1) is 6.10 Å². The molecule has 1 heterocycles. The molecule has 2 aromatic rings. The minimum atomic E-state index is -0.603. The summed E-state index contributed by atoms with van der Waals surface area (Å²) in [6.07, 6.45) is 3.99. The van der Waals surface area contributed by atoms with E-state index in [1.807, 2.05) is 38.4 Å². The molecule has 5 nitrogen and oxygen atoms in total. The van der Waals surface area contributed by atoms with Gasteiger partial charge in [-0.25, -0.2) is 0 Å². The van der Waals surface area contributed by atoms with Crippen molar-refractivity contribution >= 4 is 5.69 Å². The van der Waals surface area contributed by atoms with Gasteiger partial charge in [0.1, 0.15) is 18.5 Å². The molecule has 2 atom stereocenters. The summed E-state index contributed by atoms with van der Waals surface area (Å²) in [4.78, 5) is 4.38. The number of piperidine rings is 1. The fourth-order valence-corrected chi connectivity index (χ4v) is 3.99. The third-order valence-corrected chi connectivity index (χ3v) is 5.79. The van der Waals surface area contributed by atoms with Crippen LogP contribution in [0.1, 0.15) is 42.9 Å². The molecule has 5 heteroatoms. The molecule has 2 aromatic carbocycles. The predicted octanol–water partition coefficient (Wildman–Crippen LogP) is 3.64. The number of rotatable bonds is 10. The van der Waals surface area contributed by atoms with Crippen LogP contribution in [0.25, 0.3) is 0 Å². The van der Waals surface area contributed by atoms with Crippen molar-refractivity contribution in [2.75, 3.05) is 45.2 Å². The molecular weight excluding hydrogens is 376 g/mol. The topological polar surface area (TPSA) is 56.2 Å². The van der Waals surface area contributed by atoms with Crippen molar-refractivity contribution in [1.29, 1.82) is 0 Å². The van der Waals surface area contributed by atoms with Gasteiger partial charge in [-0.3, -0.25) is 0 Å². The van der Waals surface area contributed by atoms with E-state index in [2.05, 4.69) is 34.1 Å². The number of anilines is 1. The van der Waals surface area contributed by atoms with E-state index in [1.165, 1.54) is 30.5 Å². The Morgan fingerprint density at radius 2 is 1.67 bits per heavy atom. The van der Waals surface area contributed by atoms with Gasteiger partial charge < -0.3 is 24.7 Å². The SMILES string of the molecule is CN(C)c1ccc(CCC(O)c2ccccc2OCC(O)CN2CCCCC2)cc1. The lowest BCUT2D eigenvalue weighted by molar-refractivity contribution is 0.0599. The van der Waals surface area contributed by atoms with Crippen LogP contribution in [0.5, 0.6) is 5.75 Å². The number of β-amino-alcohol motifs (C(OH)–C–C–N with tert-alkyl or cyclic N) is 1. The lowest BCUT2D eigenvalue weighted by atomic mass is 10.0. The first-order chi connectivity index (χ1) is 14.5. The van der Waals surface area contributed by atoms with Crippen LogP contribution in [-0.2, 0) is 6.42 Å².